The molecular weight excluding hydrogens is 212 g/mol. The molecule has 1 aromatic heterocycles. The molecule has 17 heavy (non-hydrogen) atoms. The Hall–Kier alpha value is -0.830. The summed E-state index contributed by atoms with van der Waals surface area (Å²) in [4.78, 5) is 0. The molecule has 0 aliphatic heterocycles. The Kier molecular flexibility index (Phi) is 3.57. The summed E-state index contributed by atoms with van der Waals surface area (Å²) >= 11 is 0. The second-order valence-electron chi connectivity index (χ2n) is 5.51. The maximum absolute atomic E-state index is 10.6. The summed E-state index contributed by atoms with van der Waals surface area (Å²) in [6.45, 7) is 7.22. The molecule has 1 N–H and O–H groups in total. The zero-order valence-corrected chi connectivity index (χ0v) is 11.2. The molecule has 2 atom stereocenters. The van der Waals surface area contributed by atoms with Crippen molar-refractivity contribution in [2.45, 2.75) is 65.0 Å². The fraction of sp³-hybridized carbons (Fsp3) is 0.786. The van der Waals surface area contributed by atoms with Crippen LogP contribution in [0.25, 0.3) is 0 Å². The minimum absolute atomic E-state index is 0.486. The van der Waals surface area contributed by atoms with Gasteiger partial charge < -0.3 is 5.11 Å². The Labute approximate surface area is 104 Å². The van der Waals surface area contributed by atoms with Gasteiger partial charge in [-0.3, -0.25) is 4.68 Å². The van der Waals surface area contributed by atoms with Crippen LogP contribution in [0.5, 0.6) is 0 Å². The SMILES string of the molecule is CCC1CCC(O)(Cc2cc(C)nn2CC)C1. The number of aryl methyl sites for hydroxylation is 2. The third kappa shape index (κ3) is 2.71. The van der Waals surface area contributed by atoms with Gasteiger partial charge in [-0.25, -0.2) is 0 Å². The van der Waals surface area contributed by atoms with Gasteiger partial charge in [-0.2, -0.15) is 5.10 Å². The predicted molar refractivity (Wildman–Crippen MR) is 68.9 cm³/mol. The first-order valence-electron chi connectivity index (χ1n) is 6.82. The number of aliphatic hydroxyl groups is 1. The molecule has 3 nitrogen and oxygen atoms in total. The Balaban J connectivity index is 2.10. The van der Waals surface area contributed by atoms with Gasteiger partial charge in [-0.05, 0) is 45.1 Å². The molecule has 1 aliphatic rings. The van der Waals surface area contributed by atoms with Crippen molar-refractivity contribution in [2.24, 2.45) is 5.92 Å². The van der Waals surface area contributed by atoms with Crippen LogP contribution in [0.3, 0.4) is 0 Å². The zero-order valence-electron chi connectivity index (χ0n) is 11.2. The van der Waals surface area contributed by atoms with Crippen LogP contribution < -0.4 is 0 Å². The molecule has 0 amide bonds. The summed E-state index contributed by atoms with van der Waals surface area (Å²) in [6, 6.07) is 2.11. The molecule has 0 spiro atoms. The molecule has 2 rings (SSSR count). The van der Waals surface area contributed by atoms with Gasteiger partial charge in [0.25, 0.3) is 0 Å². The first-order chi connectivity index (χ1) is 8.06. The molecule has 1 aromatic rings. The smallest absolute Gasteiger partial charge is 0.0705 e. The largest absolute Gasteiger partial charge is 0.389 e. The maximum Gasteiger partial charge on any atom is 0.0705 e. The van der Waals surface area contributed by atoms with Crippen molar-refractivity contribution >= 4 is 0 Å². The summed E-state index contributed by atoms with van der Waals surface area (Å²) in [5.74, 6) is 0.707. The summed E-state index contributed by atoms with van der Waals surface area (Å²) in [6.07, 6.45) is 5.02. The van der Waals surface area contributed by atoms with E-state index in [4.69, 9.17) is 0 Å². The van der Waals surface area contributed by atoms with Crippen molar-refractivity contribution < 1.29 is 5.11 Å². The minimum Gasteiger partial charge on any atom is -0.389 e. The fourth-order valence-electron chi connectivity index (χ4n) is 3.08. The molecule has 0 bridgehead atoms. The topological polar surface area (TPSA) is 38.1 Å². The number of hydrogen-bond donors (Lipinski definition) is 1. The molecule has 1 aliphatic carbocycles. The third-order valence-corrected chi connectivity index (χ3v) is 4.06. The molecule has 1 heterocycles. The Morgan fingerprint density at radius 2 is 2.29 bits per heavy atom. The predicted octanol–water partition coefficient (Wildman–Crippen LogP) is 2.70. The third-order valence-electron chi connectivity index (χ3n) is 4.06. The molecule has 2 unspecified atom stereocenters. The fourth-order valence-corrected chi connectivity index (χ4v) is 3.08. The summed E-state index contributed by atoms with van der Waals surface area (Å²) in [7, 11) is 0. The van der Waals surface area contributed by atoms with Crippen LogP contribution in [-0.4, -0.2) is 20.5 Å². The quantitative estimate of drug-likeness (QED) is 0.873. The molecule has 96 valence electrons. The highest BCUT2D eigenvalue weighted by Crippen LogP contribution is 2.38. The van der Waals surface area contributed by atoms with Crippen LogP contribution in [0.15, 0.2) is 6.07 Å². The van der Waals surface area contributed by atoms with Gasteiger partial charge in [0.05, 0.1) is 11.3 Å². The van der Waals surface area contributed by atoms with Gasteiger partial charge in [0.1, 0.15) is 0 Å². The summed E-state index contributed by atoms with van der Waals surface area (Å²) in [5.41, 5.74) is 1.75. The van der Waals surface area contributed by atoms with Crippen molar-refractivity contribution in [3.05, 3.63) is 17.5 Å². The highest BCUT2D eigenvalue weighted by molar-refractivity contribution is 5.12. The van der Waals surface area contributed by atoms with Crippen molar-refractivity contribution in [2.75, 3.05) is 0 Å². The standard InChI is InChI=1S/C14H24N2O/c1-4-12-6-7-14(17,9-12)10-13-8-11(3)15-16(13)5-2/h8,12,17H,4-7,9-10H2,1-3H3. The van der Waals surface area contributed by atoms with Crippen LogP contribution >= 0.6 is 0 Å². The van der Waals surface area contributed by atoms with E-state index in [9.17, 15) is 5.11 Å². The van der Waals surface area contributed by atoms with E-state index >= 15 is 0 Å². The Morgan fingerprint density at radius 3 is 2.88 bits per heavy atom. The Bertz CT molecular complexity index is 386. The van der Waals surface area contributed by atoms with E-state index < -0.39 is 5.60 Å². The van der Waals surface area contributed by atoms with E-state index in [1.165, 1.54) is 18.5 Å². The average Bonchev–Trinajstić information content (AvgIpc) is 2.82. The van der Waals surface area contributed by atoms with E-state index in [0.29, 0.717) is 5.92 Å². The first kappa shape index (κ1) is 12.6. The van der Waals surface area contributed by atoms with E-state index in [1.54, 1.807) is 0 Å². The maximum atomic E-state index is 10.6. The molecule has 1 fully saturated rings. The Morgan fingerprint density at radius 1 is 1.53 bits per heavy atom. The van der Waals surface area contributed by atoms with Crippen LogP contribution in [0.2, 0.25) is 0 Å². The first-order valence-corrected chi connectivity index (χ1v) is 6.82. The normalized spacial score (nSPS) is 28.8. The van der Waals surface area contributed by atoms with Crippen molar-refractivity contribution in [3.63, 3.8) is 0 Å². The lowest BCUT2D eigenvalue weighted by atomic mass is 9.93. The molecule has 0 radical (unpaired) electrons. The lowest BCUT2D eigenvalue weighted by molar-refractivity contribution is 0.0416. The van der Waals surface area contributed by atoms with Gasteiger partial charge in [-0.1, -0.05) is 13.3 Å². The minimum atomic E-state index is -0.486. The van der Waals surface area contributed by atoms with Crippen LogP contribution in [-0.2, 0) is 13.0 Å². The summed E-state index contributed by atoms with van der Waals surface area (Å²) < 4.78 is 2.02. The second-order valence-corrected chi connectivity index (χ2v) is 5.51. The van der Waals surface area contributed by atoms with Gasteiger partial charge in [-0.15, -0.1) is 0 Å². The lowest BCUT2D eigenvalue weighted by Crippen LogP contribution is -2.29. The van der Waals surface area contributed by atoms with E-state index in [2.05, 4.69) is 25.0 Å². The van der Waals surface area contributed by atoms with Gasteiger partial charge >= 0.3 is 0 Å². The van der Waals surface area contributed by atoms with E-state index in [0.717, 1.165) is 31.5 Å². The highest BCUT2D eigenvalue weighted by Gasteiger charge is 2.37. The number of rotatable bonds is 4. The molecule has 3 heteroatoms. The van der Waals surface area contributed by atoms with E-state index in [1.807, 2.05) is 11.6 Å². The number of hydrogen-bond acceptors (Lipinski definition) is 2. The van der Waals surface area contributed by atoms with Crippen molar-refractivity contribution in [1.82, 2.24) is 9.78 Å². The van der Waals surface area contributed by atoms with E-state index in [-0.39, 0.29) is 0 Å². The van der Waals surface area contributed by atoms with Crippen LogP contribution in [0, 0.1) is 12.8 Å². The summed E-state index contributed by atoms with van der Waals surface area (Å²) in [5, 5.41) is 15.1. The van der Waals surface area contributed by atoms with Gasteiger partial charge in [0.2, 0.25) is 0 Å². The number of nitrogens with zero attached hydrogens (tertiary/aromatic N) is 2. The van der Waals surface area contributed by atoms with Gasteiger partial charge in [0.15, 0.2) is 0 Å². The van der Waals surface area contributed by atoms with Crippen LogP contribution in [0.4, 0.5) is 0 Å². The molecular formula is C14H24N2O. The lowest BCUT2D eigenvalue weighted by Gasteiger charge is -2.23. The van der Waals surface area contributed by atoms with Crippen LogP contribution in [0.1, 0.15) is 50.9 Å². The van der Waals surface area contributed by atoms with Crippen molar-refractivity contribution in [1.29, 1.82) is 0 Å². The molecule has 0 aromatic carbocycles. The second kappa shape index (κ2) is 4.81. The number of aromatic nitrogens is 2. The highest BCUT2D eigenvalue weighted by atomic mass is 16.3. The average molecular weight is 236 g/mol. The monoisotopic (exact) mass is 236 g/mol. The molecule has 0 saturated heterocycles. The van der Waals surface area contributed by atoms with Gasteiger partial charge in [0, 0.05) is 18.7 Å². The zero-order chi connectivity index (χ0) is 12.5. The molecule has 1 saturated carbocycles. The van der Waals surface area contributed by atoms with Crippen molar-refractivity contribution in [3.8, 4) is 0 Å².